The zero-order chi connectivity index (χ0) is 21.8. The molecule has 0 saturated carbocycles. The number of carbonyl (C=O) groups is 2. The van der Waals surface area contributed by atoms with Gasteiger partial charge >= 0.3 is 0 Å². The number of amides is 1. The maximum atomic E-state index is 12.9. The molecular weight excluding hydrogens is 450 g/mol. The Morgan fingerprint density at radius 1 is 1.17 bits per heavy atom. The van der Waals surface area contributed by atoms with E-state index in [0.717, 1.165) is 4.47 Å². The number of halogens is 1. The van der Waals surface area contributed by atoms with Crippen molar-refractivity contribution in [2.45, 2.75) is 26.0 Å². The van der Waals surface area contributed by atoms with Crippen molar-refractivity contribution in [3.8, 4) is 5.75 Å². The molecule has 0 spiro atoms. The van der Waals surface area contributed by atoms with Gasteiger partial charge in [-0.05, 0) is 43.7 Å². The fourth-order valence-corrected chi connectivity index (χ4v) is 3.68. The highest BCUT2D eigenvalue weighted by Crippen LogP contribution is 2.40. The molecule has 1 atom stereocenters. The van der Waals surface area contributed by atoms with Gasteiger partial charge in [0.2, 0.25) is 0 Å². The van der Waals surface area contributed by atoms with Gasteiger partial charge in [-0.25, -0.2) is 0 Å². The molecule has 0 radical (unpaired) electrons. The molecular formula is C23H24BrNO5. The number of carbonyl (C=O) groups excluding carboxylic acids is 2. The summed E-state index contributed by atoms with van der Waals surface area (Å²) in [5.41, 5.74) is 1.19. The minimum atomic E-state index is -0.737. The summed E-state index contributed by atoms with van der Waals surface area (Å²) < 4.78 is 11.8. The summed E-state index contributed by atoms with van der Waals surface area (Å²) in [6.07, 6.45) is -0.000133. The van der Waals surface area contributed by atoms with Gasteiger partial charge in [0.05, 0.1) is 31.4 Å². The summed E-state index contributed by atoms with van der Waals surface area (Å²) in [5, 5.41) is 11.0. The number of hydrogen-bond acceptors (Lipinski definition) is 5. The average molecular weight is 474 g/mol. The summed E-state index contributed by atoms with van der Waals surface area (Å²) >= 11 is 3.36. The monoisotopic (exact) mass is 473 g/mol. The molecule has 0 aromatic heterocycles. The first-order chi connectivity index (χ1) is 14.3. The molecule has 1 saturated heterocycles. The number of Topliss-reactive ketones (excluding diaryl/α,β-unsaturated/α-hetero) is 1. The van der Waals surface area contributed by atoms with Crippen LogP contribution in [0.5, 0.6) is 5.75 Å². The molecule has 1 heterocycles. The summed E-state index contributed by atoms with van der Waals surface area (Å²) in [7, 11) is 1.55. The van der Waals surface area contributed by atoms with Crippen LogP contribution in [0, 0.1) is 0 Å². The third kappa shape index (κ3) is 4.57. The second-order valence-corrected chi connectivity index (χ2v) is 8.11. The number of hydrogen-bond donors (Lipinski definition) is 1. The third-order valence-corrected chi connectivity index (χ3v) is 5.38. The summed E-state index contributed by atoms with van der Waals surface area (Å²) in [4.78, 5) is 27.2. The highest BCUT2D eigenvalue weighted by Gasteiger charge is 2.46. The van der Waals surface area contributed by atoms with E-state index >= 15 is 0 Å². The molecule has 3 rings (SSSR count). The predicted molar refractivity (Wildman–Crippen MR) is 117 cm³/mol. The topological polar surface area (TPSA) is 76.1 Å². The maximum Gasteiger partial charge on any atom is 0.295 e. The Balaban J connectivity index is 2.10. The highest BCUT2D eigenvalue weighted by molar-refractivity contribution is 9.10. The minimum absolute atomic E-state index is 0.000133. The van der Waals surface area contributed by atoms with Crippen molar-refractivity contribution in [1.29, 1.82) is 0 Å². The van der Waals surface area contributed by atoms with E-state index in [9.17, 15) is 14.7 Å². The van der Waals surface area contributed by atoms with Crippen LogP contribution in [0.25, 0.3) is 5.76 Å². The molecule has 1 amide bonds. The van der Waals surface area contributed by atoms with Gasteiger partial charge < -0.3 is 19.5 Å². The number of aliphatic hydroxyl groups excluding tert-OH is 1. The molecule has 30 heavy (non-hydrogen) atoms. The average Bonchev–Trinajstić information content (AvgIpc) is 2.98. The van der Waals surface area contributed by atoms with Crippen molar-refractivity contribution in [3.63, 3.8) is 0 Å². The van der Waals surface area contributed by atoms with Gasteiger partial charge in [0.25, 0.3) is 11.7 Å². The van der Waals surface area contributed by atoms with E-state index in [1.54, 1.807) is 49.6 Å². The maximum absolute atomic E-state index is 12.9. The lowest BCUT2D eigenvalue weighted by Crippen LogP contribution is -2.33. The second-order valence-electron chi connectivity index (χ2n) is 7.20. The number of benzene rings is 2. The first-order valence-corrected chi connectivity index (χ1v) is 10.4. The Kier molecular flexibility index (Phi) is 6.95. The lowest BCUT2D eigenvalue weighted by molar-refractivity contribution is -0.140. The number of ketones is 1. The van der Waals surface area contributed by atoms with Crippen LogP contribution in [0.3, 0.4) is 0 Å². The largest absolute Gasteiger partial charge is 0.507 e. The number of likely N-dealkylation sites (tertiary alicyclic amines) is 1. The first kappa shape index (κ1) is 22.1. The van der Waals surface area contributed by atoms with Crippen LogP contribution < -0.4 is 4.74 Å². The van der Waals surface area contributed by atoms with Crippen LogP contribution in [0.15, 0.2) is 58.6 Å². The number of aliphatic hydroxyl groups is 1. The van der Waals surface area contributed by atoms with Gasteiger partial charge in [-0.15, -0.1) is 0 Å². The van der Waals surface area contributed by atoms with E-state index in [-0.39, 0.29) is 30.6 Å². The van der Waals surface area contributed by atoms with E-state index < -0.39 is 17.7 Å². The molecule has 7 heteroatoms. The normalized spacial score (nSPS) is 18.3. The summed E-state index contributed by atoms with van der Waals surface area (Å²) in [5.74, 6) is -0.984. The van der Waals surface area contributed by atoms with Crippen LogP contribution in [-0.2, 0) is 14.3 Å². The number of ether oxygens (including phenoxy) is 2. The Morgan fingerprint density at radius 3 is 2.50 bits per heavy atom. The van der Waals surface area contributed by atoms with Crippen molar-refractivity contribution < 1.29 is 24.2 Å². The van der Waals surface area contributed by atoms with Gasteiger partial charge in [0, 0.05) is 16.6 Å². The molecule has 6 nitrogen and oxygen atoms in total. The van der Waals surface area contributed by atoms with Crippen LogP contribution in [0.4, 0.5) is 0 Å². The lowest BCUT2D eigenvalue weighted by Gasteiger charge is -2.26. The SMILES string of the molecule is COc1cccc(C2/C(=C(/O)c3ccc(Br)cc3)C(=O)C(=O)N2CCOC(C)C)c1. The fraction of sp³-hybridized carbons (Fsp3) is 0.304. The Labute approximate surface area is 184 Å². The van der Waals surface area contributed by atoms with Crippen molar-refractivity contribution in [1.82, 2.24) is 4.90 Å². The molecule has 2 aromatic rings. The standard InChI is InChI=1S/C23H24BrNO5/c1-14(2)30-12-11-25-20(16-5-4-6-18(13-16)29-3)19(22(27)23(25)28)21(26)15-7-9-17(24)10-8-15/h4-10,13-14,20,26H,11-12H2,1-3H3/b21-19-. The smallest absolute Gasteiger partial charge is 0.295 e. The van der Waals surface area contributed by atoms with Crippen molar-refractivity contribution in [2.75, 3.05) is 20.3 Å². The molecule has 1 fully saturated rings. The Hall–Kier alpha value is -2.64. The van der Waals surface area contributed by atoms with E-state index in [4.69, 9.17) is 9.47 Å². The van der Waals surface area contributed by atoms with Crippen LogP contribution >= 0.6 is 15.9 Å². The quantitative estimate of drug-likeness (QED) is 0.368. The summed E-state index contributed by atoms with van der Waals surface area (Å²) in [6, 6.07) is 13.3. The van der Waals surface area contributed by atoms with Gasteiger partial charge in [-0.3, -0.25) is 9.59 Å². The van der Waals surface area contributed by atoms with E-state index in [0.29, 0.717) is 16.9 Å². The van der Waals surface area contributed by atoms with Crippen LogP contribution in [0.2, 0.25) is 0 Å². The van der Waals surface area contributed by atoms with Gasteiger partial charge in [-0.1, -0.05) is 40.2 Å². The highest BCUT2D eigenvalue weighted by atomic mass is 79.9. The van der Waals surface area contributed by atoms with Crippen LogP contribution in [-0.4, -0.2) is 48.1 Å². The molecule has 1 aliphatic heterocycles. The number of methoxy groups -OCH3 is 1. The van der Waals surface area contributed by atoms with Gasteiger partial charge in [0.1, 0.15) is 11.5 Å². The van der Waals surface area contributed by atoms with E-state index in [1.165, 1.54) is 4.90 Å². The Bertz CT molecular complexity index is 968. The van der Waals surface area contributed by atoms with Gasteiger partial charge in [0.15, 0.2) is 0 Å². The molecule has 1 unspecified atom stereocenters. The summed E-state index contributed by atoms with van der Waals surface area (Å²) in [6.45, 7) is 4.31. The molecule has 1 N–H and O–H groups in total. The molecule has 1 aliphatic rings. The van der Waals surface area contributed by atoms with E-state index in [1.807, 2.05) is 19.9 Å². The van der Waals surface area contributed by atoms with Crippen molar-refractivity contribution >= 4 is 33.4 Å². The first-order valence-electron chi connectivity index (χ1n) is 9.63. The minimum Gasteiger partial charge on any atom is -0.507 e. The molecule has 0 aliphatic carbocycles. The lowest BCUT2D eigenvalue weighted by atomic mass is 9.95. The molecule has 158 valence electrons. The van der Waals surface area contributed by atoms with Crippen molar-refractivity contribution in [3.05, 3.63) is 69.7 Å². The molecule has 0 bridgehead atoms. The fourth-order valence-electron chi connectivity index (χ4n) is 3.42. The third-order valence-electron chi connectivity index (χ3n) is 4.85. The van der Waals surface area contributed by atoms with Gasteiger partial charge in [-0.2, -0.15) is 0 Å². The zero-order valence-electron chi connectivity index (χ0n) is 17.1. The Morgan fingerprint density at radius 2 is 1.87 bits per heavy atom. The number of nitrogens with zero attached hydrogens (tertiary/aromatic N) is 1. The second kappa shape index (κ2) is 9.45. The van der Waals surface area contributed by atoms with E-state index in [2.05, 4.69) is 15.9 Å². The predicted octanol–water partition coefficient (Wildman–Crippen LogP) is 4.30. The van der Waals surface area contributed by atoms with Crippen LogP contribution in [0.1, 0.15) is 31.0 Å². The molecule has 2 aromatic carbocycles. The number of rotatable bonds is 7. The zero-order valence-corrected chi connectivity index (χ0v) is 18.7. The van der Waals surface area contributed by atoms with Crippen molar-refractivity contribution in [2.24, 2.45) is 0 Å².